The average Bonchev–Trinajstić information content (AvgIpc) is 2.26. The van der Waals surface area contributed by atoms with Crippen LogP contribution in [0.15, 0.2) is 29.2 Å². The van der Waals surface area contributed by atoms with Gasteiger partial charge in [-0.05, 0) is 31.2 Å². The highest BCUT2D eigenvalue weighted by Gasteiger charge is 2.07. The van der Waals surface area contributed by atoms with E-state index in [0.29, 0.717) is 28.8 Å². The van der Waals surface area contributed by atoms with Crippen molar-refractivity contribution >= 4 is 17.7 Å². The van der Waals surface area contributed by atoms with Crippen molar-refractivity contribution in [2.45, 2.75) is 17.6 Å². The van der Waals surface area contributed by atoms with E-state index in [-0.39, 0.29) is 0 Å². The van der Waals surface area contributed by atoms with Crippen LogP contribution in [0.4, 0.5) is 8.78 Å². The summed E-state index contributed by atoms with van der Waals surface area (Å²) in [6.45, 7) is 2.10. The first kappa shape index (κ1) is 12.9. The summed E-state index contributed by atoms with van der Waals surface area (Å²) in [5.74, 6) is -2.85. The van der Waals surface area contributed by atoms with Crippen molar-refractivity contribution in [3.8, 4) is 0 Å². The highest BCUT2D eigenvalue weighted by molar-refractivity contribution is 7.99. The van der Waals surface area contributed by atoms with Crippen molar-refractivity contribution < 1.29 is 18.4 Å². The number of alkyl halides is 2. The number of amides is 1. The minimum absolute atomic E-state index is 0.366. The Morgan fingerprint density at radius 2 is 2.06 bits per heavy atom. The monoisotopic (exact) mass is 247 g/mol. The summed E-state index contributed by atoms with van der Waals surface area (Å²) in [5.41, 5.74) is 2.58. The lowest BCUT2D eigenvalue weighted by molar-refractivity contribution is 0.0364. The van der Waals surface area contributed by atoms with Gasteiger partial charge in [0.1, 0.15) is 0 Å². The number of halogens is 2. The quantitative estimate of drug-likeness (QED) is 0.642. The number of hydroxylamine groups is 1. The molecule has 0 spiro atoms. The lowest BCUT2D eigenvalue weighted by Crippen LogP contribution is -2.23. The van der Waals surface area contributed by atoms with Crippen molar-refractivity contribution in [1.82, 2.24) is 5.48 Å². The molecule has 1 amide bonds. The number of benzene rings is 1. The molecule has 6 heteroatoms. The number of hydrogen-bond acceptors (Lipinski definition) is 3. The van der Waals surface area contributed by atoms with Gasteiger partial charge in [0, 0.05) is 10.5 Å². The van der Waals surface area contributed by atoms with Gasteiger partial charge in [-0.25, -0.2) is 5.48 Å². The molecule has 0 aliphatic heterocycles. The van der Waals surface area contributed by atoms with Crippen molar-refractivity contribution in [2.75, 3.05) is 6.61 Å². The molecule has 0 fully saturated rings. The number of carbonyl (C=O) groups is 1. The van der Waals surface area contributed by atoms with Crippen LogP contribution >= 0.6 is 11.8 Å². The smallest absolute Gasteiger partial charge is 0.274 e. The van der Waals surface area contributed by atoms with Gasteiger partial charge < -0.3 is 0 Å². The molecule has 0 aliphatic carbocycles. The van der Waals surface area contributed by atoms with E-state index in [2.05, 4.69) is 5.48 Å². The Morgan fingerprint density at radius 3 is 2.56 bits per heavy atom. The van der Waals surface area contributed by atoms with Crippen molar-refractivity contribution in [2.24, 2.45) is 0 Å². The number of nitrogens with one attached hydrogen (secondary N) is 1. The van der Waals surface area contributed by atoms with Crippen LogP contribution in [-0.2, 0) is 4.84 Å². The minimum atomic E-state index is -2.46. The Morgan fingerprint density at radius 1 is 1.44 bits per heavy atom. The molecular formula is C10H11F2NO2S. The molecule has 1 rings (SSSR count). The van der Waals surface area contributed by atoms with Crippen LogP contribution in [0.2, 0.25) is 0 Å². The molecule has 0 bridgehead atoms. The number of hydrogen-bond donors (Lipinski definition) is 1. The molecule has 0 heterocycles. The van der Waals surface area contributed by atoms with Gasteiger partial charge in [0.15, 0.2) is 0 Å². The molecule has 0 aromatic heterocycles. The molecule has 1 aromatic carbocycles. The van der Waals surface area contributed by atoms with Crippen LogP contribution in [0, 0.1) is 0 Å². The summed E-state index contributed by atoms with van der Waals surface area (Å²) >= 11 is 0.440. The topological polar surface area (TPSA) is 38.3 Å². The van der Waals surface area contributed by atoms with E-state index in [1.807, 2.05) is 0 Å². The predicted molar refractivity (Wildman–Crippen MR) is 57.4 cm³/mol. The standard InChI is InChI=1S/C10H11F2NO2S/c1-2-15-13-9(14)7-3-5-8(6-4-7)16-10(11)12/h3-6,10H,2H2,1H3,(H,13,14). The van der Waals surface area contributed by atoms with E-state index < -0.39 is 11.7 Å². The third-order valence-electron chi connectivity index (χ3n) is 1.65. The Labute approximate surface area is 96.1 Å². The zero-order chi connectivity index (χ0) is 12.0. The third-order valence-corrected chi connectivity index (χ3v) is 2.37. The first-order valence-electron chi connectivity index (χ1n) is 4.60. The maximum Gasteiger partial charge on any atom is 0.288 e. The molecule has 0 unspecified atom stereocenters. The lowest BCUT2D eigenvalue weighted by atomic mass is 10.2. The van der Waals surface area contributed by atoms with Crippen LogP contribution in [0.25, 0.3) is 0 Å². The van der Waals surface area contributed by atoms with Gasteiger partial charge in [-0.1, -0.05) is 11.8 Å². The summed E-state index contributed by atoms with van der Waals surface area (Å²) in [4.78, 5) is 16.5. The summed E-state index contributed by atoms with van der Waals surface area (Å²) in [7, 11) is 0. The van der Waals surface area contributed by atoms with Crippen molar-refractivity contribution in [3.05, 3.63) is 29.8 Å². The largest absolute Gasteiger partial charge is 0.288 e. The average molecular weight is 247 g/mol. The number of rotatable bonds is 5. The van der Waals surface area contributed by atoms with Crippen LogP contribution in [0.5, 0.6) is 0 Å². The maximum absolute atomic E-state index is 12.0. The van der Waals surface area contributed by atoms with E-state index in [0.717, 1.165) is 0 Å². The zero-order valence-corrected chi connectivity index (χ0v) is 9.39. The van der Waals surface area contributed by atoms with Crippen LogP contribution in [-0.4, -0.2) is 18.3 Å². The summed E-state index contributed by atoms with van der Waals surface area (Å²) in [6, 6.07) is 5.88. The van der Waals surface area contributed by atoms with E-state index in [1.165, 1.54) is 24.3 Å². The second kappa shape index (κ2) is 6.44. The number of carbonyl (C=O) groups excluding carboxylic acids is 1. The highest BCUT2D eigenvalue weighted by atomic mass is 32.2. The maximum atomic E-state index is 12.0. The molecule has 1 N–H and O–H groups in total. The minimum Gasteiger partial charge on any atom is -0.274 e. The van der Waals surface area contributed by atoms with Gasteiger partial charge in [0.2, 0.25) is 0 Å². The van der Waals surface area contributed by atoms with Crippen LogP contribution in [0.1, 0.15) is 17.3 Å². The summed E-state index contributed by atoms with van der Waals surface area (Å²) in [5, 5.41) is 0. The first-order chi connectivity index (χ1) is 7.63. The summed E-state index contributed by atoms with van der Waals surface area (Å²) < 4.78 is 24.0. The molecular weight excluding hydrogens is 236 g/mol. The lowest BCUT2D eigenvalue weighted by Gasteiger charge is -2.04. The Balaban J connectivity index is 2.60. The summed E-state index contributed by atoms with van der Waals surface area (Å²) in [6.07, 6.45) is 0. The first-order valence-corrected chi connectivity index (χ1v) is 5.48. The van der Waals surface area contributed by atoms with E-state index >= 15 is 0 Å². The molecule has 3 nitrogen and oxygen atoms in total. The van der Waals surface area contributed by atoms with Gasteiger partial charge in [-0.15, -0.1) is 0 Å². The fourth-order valence-corrected chi connectivity index (χ4v) is 1.48. The zero-order valence-electron chi connectivity index (χ0n) is 8.57. The molecule has 0 aliphatic rings. The molecule has 0 saturated heterocycles. The molecule has 0 saturated carbocycles. The normalized spacial score (nSPS) is 10.5. The van der Waals surface area contributed by atoms with Crippen molar-refractivity contribution in [1.29, 1.82) is 0 Å². The molecule has 16 heavy (non-hydrogen) atoms. The van der Waals surface area contributed by atoms with Gasteiger partial charge in [-0.2, -0.15) is 8.78 Å². The van der Waals surface area contributed by atoms with E-state index in [1.54, 1.807) is 6.92 Å². The molecule has 0 atom stereocenters. The predicted octanol–water partition coefficient (Wildman–Crippen LogP) is 2.68. The van der Waals surface area contributed by atoms with Gasteiger partial charge in [0.05, 0.1) is 6.61 Å². The fraction of sp³-hybridized carbons (Fsp3) is 0.300. The van der Waals surface area contributed by atoms with Gasteiger partial charge in [0.25, 0.3) is 11.7 Å². The second-order valence-corrected chi connectivity index (χ2v) is 3.83. The Bertz CT molecular complexity index is 343. The molecule has 1 aromatic rings. The van der Waals surface area contributed by atoms with Crippen LogP contribution < -0.4 is 5.48 Å². The third kappa shape index (κ3) is 4.16. The Hall–Kier alpha value is -1.14. The second-order valence-electron chi connectivity index (χ2n) is 2.77. The highest BCUT2D eigenvalue weighted by Crippen LogP contribution is 2.24. The van der Waals surface area contributed by atoms with E-state index in [9.17, 15) is 13.6 Å². The van der Waals surface area contributed by atoms with Crippen LogP contribution in [0.3, 0.4) is 0 Å². The van der Waals surface area contributed by atoms with E-state index in [4.69, 9.17) is 4.84 Å². The van der Waals surface area contributed by atoms with Crippen molar-refractivity contribution in [3.63, 3.8) is 0 Å². The van der Waals surface area contributed by atoms with Gasteiger partial charge >= 0.3 is 0 Å². The van der Waals surface area contributed by atoms with Gasteiger partial charge in [-0.3, -0.25) is 9.63 Å². The molecule has 0 radical (unpaired) electrons. The fourth-order valence-electron chi connectivity index (χ4n) is 0.984. The number of thioether (sulfide) groups is 1. The SMILES string of the molecule is CCONC(=O)c1ccc(SC(F)F)cc1. The molecule has 88 valence electrons. The Kier molecular flexibility index (Phi) is 5.21.